The number of aromatic nitrogens is 2. The number of furan rings is 1. The van der Waals surface area contributed by atoms with Gasteiger partial charge in [0.1, 0.15) is 18.0 Å². The topological polar surface area (TPSA) is 122 Å². The van der Waals surface area contributed by atoms with Crippen LogP contribution in [0.5, 0.6) is 11.5 Å². The van der Waals surface area contributed by atoms with E-state index in [1.807, 2.05) is 18.2 Å². The molecule has 0 unspecified atom stereocenters. The Bertz CT molecular complexity index is 2050. The number of nitrogens with zero attached hydrogens (tertiary/aromatic N) is 4. The summed E-state index contributed by atoms with van der Waals surface area (Å²) in [7, 11) is 0. The van der Waals surface area contributed by atoms with Crippen molar-refractivity contribution in [3.05, 3.63) is 128 Å². The zero-order valence-electron chi connectivity index (χ0n) is 22.8. The number of nitro groups is 1. The maximum absolute atomic E-state index is 14.2. The summed E-state index contributed by atoms with van der Waals surface area (Å²) in [5.74, 6) is -0.114. The summed E-state index contributed by atoms with van der Waals surface area (Å²) in [6, 6.07) is 24.7. The predicted octanol–water partition coefficient (Wildman–Crippen LogP) is 6.72. The molecule has 4 aromatic carbocycles. The van der Waals surface area contributed by atoms with Crippen molar-refractivity contribution in [1.29, 1.82) is 0 Å². The van der Waals surface area contributed by atoms with Crippen molar-refractivity contribution in [3.63, 3.8) is 0 Å². The van der Waals surface area contributed by atoms with Crippen LogP contribution in [0.3, 0.4) is 0 Å². The van der Waals surface area contributed by atoms with E-state index in [0.29, 0.717) is 22.2 Å². The average molecular weight is 579 g/mol. The molecule has 0 saturated carbocycles. The standard InChI is InChI=1S/C32H23FN4O6/c1-2-41-28-16-20(15-26(37(39)40)30(28)42-19-22-10-3-6-12-24(22)33)18-34-36-31(29-17-21-9-4-8-14-27(21)43-29)35-25-13-7-5-11-23(25)32(36)38/h3-18H,2,19H2,1H3. The lowest BCUT2D eigenvalue weighted by atomic mass is 10.1. The van der Waals surface area contributed by atoms with Gasteiger partial charge in [-0.15, -0.1) is 0 Å². The molecule has 6 rings (SSSR count). The largest absolute Gasteiger partial charge is 0.490 e. The number of halogens is 1. The Labute approximate surface area is 243 Å². The fraction of sp³-hybridized carbons (Fsp3) is 0.0938. The number of hydrogen-bond acceptors (Lipinski definition) is 8. The van der Waals surface area contributed by atoms with Crippen molar-refractivity contribution in [2.75, 3.05) is 6.61 Å². The second-order valence-electron chi connectivity index (χ2n) is 9.40. The van der Waals surface area contributed by atoms with Crippen LogP contribution in [0.1, 0.15) is 18.1 Å². The highest BCUT2D eigenvalue weighted by Gasteiger charge is 2.23. The molecule has 0 radical (unpaired) electrons. The number of hydrogen-bond donors (Lipinski definition) is 0. The zero-order chi connectivity index (χ0) is 29.9. The van der Waals surface area contributed by atoms with E-state index in [1.165, 1.54) is 36.5 Å². The first-order valence-corrected chi connectivity index (χ1v) is 13.3. The number of benzene rings is 4. The molecule has 0 fully saturated rings. The molecule has 0 amide bonds. The molecular weight excluding hydrogens is 555 g/mol. The van der Waals surface area contributed by atoms with E-state index in [0.717, 1.165) is 10.1 Å². The highest BCUT2D eigenvalue weighted by Crippen LogP contribution is 2.39. The van der Waals surface area contributed by atoms with Crippen LogP contribution in [0, 0.1) is 15.9 Å². The van der Waals surface area contributed by atoms with Gasteiger partial charge in [0.05, 0.1) is 28.6 Å². The van der Waals surface area contributed by atoms with Gasteiger partial charge in [-0.25, -0.2) is 9.37 Å². The van der Waals surface area contributed by atoms with E-state index in [4.69, 9.17) is 13.9 Å². The Morgan fingerprint density at radius 3 is 2.58 bits per heavy atom. The zero-order valence-corrected chi connectivity index (χ0v) is 22.8. The summed E-state index contributed by atoms with van der Waals surface area (Å²) in [5.41, 5.74) is 0.681. The van der Waals surface area contributed by atoms with Gasteiger partial charge in [0.25, 0.3) is 5.56 Å². The Morgan fingerprint density at radius 1 is 1.02 bits per heavy atom. The van der Waals surface area contributed by atoms with Crippen LogP contribution in [0.25, 0.3) is 33.5 Å². The van der Waals surface area contributed by atoms with E-state index >= 15 is 0 Å². The van der Waals surface area contributed by atoms with Crippen LogP contribution in [-0.4, -0.2) is 27.4 Å². The van der Waals surface area contributed by atoms with E-state index < -0.39 is 22.0 Å². The molecule has 2 heterocycles. The fourth-order valence-corrected chi connectivity index (χ4v) is 4.60. The normalized spacial score (nSPS) is 11.4. The van der Waals surface area contributed by atoms with Gasteiger partial charge in [0.15, 0.2) is 11.5 Å². The van der Waals surface area contributed by atoms with Gasteiger partial charge in [0, 0.05) is 22.6 Å². The highest BCUT2D eigenvalue weighted by atomic mass is 19.1. The molecule has 6 aromatic rings. The summed E-state index contributed by atoms with van der Waals surface area (Å²) in [6.07, 6.45) is 1.29. The number of para-hydroxylation sites is 2. The minimum Gasteiger partial charge on any atom is -0.490 e. The van der Waals surface area contributed by atoms with Crippen molar-refractivity contribution >= 4 is 33.8 Å². The van der Waals surface area contributed by atoms with Crippen LogP contribution in [0.4, 0.5) is 10.1 Å². The molecule has 2 aromatic heterocycles. The molecule has 11 heteroatoms. The third-order valence-electron chi connectivity index (χ3n) is 6.61. The smallest absolute Gasteiger partial charge is 0.315 e. The lowest BCUT2D eigenvalue weighted by Gasteiger charge is -2.13. The third-order valence-corrected chi connectivity index (χ3v) is 6.61. The number of nitro benzene ring substituents is 1. The van der Waals surface area contributed by atoms with Gasteiger partial charge in [-0.3, -0.25) is 14.9 Å². The molecule has 0 saturated heterocycles. The molecule has 214 valence electrons. The van der Waals surface area contributed by atoms with Crippen LogP contribution in [0.15, 0.2) is 105 Å². The first kappa shape index (κ1) is 27.3. The van der Waals surface area contributed by atoms with Gasteiger partial charge >= 0.3 is 5.69 Å². The Morgan fingerprint density at radius 2 is 1.79 bits per heavy atom. The van der Waals surface area contributed by atoms with Gasteiger partial charge in [-0.1, -0.05) is 48.5 Å². The Kier molecular flexibility index (Phi) is 7.35. The van der Waals surface area contributed by atoms with Gasteiger partial charge < -0.3 is 13.9 Å². The molecular formula is C32H23FN4O6. The third kappa shape index (κ3) is 5.43. The number of rotatable bonds is 9. The molecule has 0 aliphatic carbocycles. The summed E-state index contributed by atoms with van der Waals surface area (Å²) >= 11 is 0. The Hall–Kier alpha value is -5.84. The maximum Gasteiger partial charge on any atom is 0.315 e. The molecule has 0 aliphatic heterocycles. The Balaban J connectivity index is 1.45. The van der Waals surface area contributed by atoms with E-state index in [-0.39, 0.29) is 41.7 Å². The van der Waals surface area contributed by atoms with Gasteiger partial charge in [-0.05, 0) is 43.3 Å². The number of fused-ring (bicyclic) bond motifs is 2. The van der Waals surface area contributed by atoms with Crippen molar-refractivity contribution in [2.24, 2.45) is 5.10 Å². The van der Waals surface area contributed by atoms with Crippen LogP contribution in [0.2, 0.25) is 0 Å². The van der Waals surface area contributed by atoms with Crippen LogP contribution >= 0.6 is 0 Å². The minimum atomic E-state index is -0.625. The van der Waals surface area contributed by atoms with Crippen LogP contribution in [-0.2, 0) is 6.61 Å². The monoisotopic (exact) mass is 578 g/mol. The van der Waals surface area contributed by atoms with E-state index in [1.54, 1.807) is 49.4 Å². The van der Waals surface area contributed by atoms with Crippen molar-refractivity contribution in [2.45, 2.75) is 13.5 Å². The summed E-state index contributed by atoms with van der Waals surface area (Å²) in [6.45, 7) is 1.64. The highest BCUT2D eigenvalue weighted by molar-refractivity contribution is 5.86. The fourth-order valence-electron chi connectivity index (χ4n) is 4.60. The minimum absolute atomic E-state index is 0.0657. The lowest BCUT2D eigenvalue weighted by Crippen LogP contribution is -2.20. The molecule has 0 atom stereocenters. The van der Waals surface area contributed by atoms with Crippen molar-refractivity contribution in [3.8, 4) is 23.1 Å². The number of ether oxygens (including phenoxy) is 2. The van der Waals surface area contributed by atoms with Crippen molar-refractivity contribution in [1.82, 2.24) is 9.66 Å². The maximum atomic E-state index is 14.2. The summed E-state index contributed by atoms with van der Waals surface area (Å²) in [5, 5.41) is 17.6. The van der Waals surface area contributed by atoms with E-state index in [2.05, 4.69) is 10.1 Å². The summed E-state index contributed by atoms with van der Waals surface area (Å²) < 4.78 is 32.6. The van der Waals surface area contributed by atoms with Crippen molar-refractivity contribution < 1.29 is 23.2 Å². The van der Waals surface area contributed by atoms with E-state index in [9.17, 15) is 19.3 Å². The van der Waals surface area contributed by atoms with Crippen LogP contribution < -0.4 is 15.0 Å². The summed E-state index contributed by atoms with van der Waals surface area (Å²) in [4.78, 5) is 29.7. The first-order valence-electron chi connectivity index (χ1n) is 13.3. The molecule has 10 nitrogen and oxygen atoms in total. The molecule has 0 spiro atoms. The molecule has 43 heavy (non-hydrogen) atoms. The lowest BCUT2D eigenvalue weighted by molar-refractivity contribution is -0.386. The van der Waals surface area contributed by atoms with Gasteiger partial charge in [0.2, 0.25) is 11.6 Å². The second-order valence-corrected chi connectivity index (χ2v) is 9.40. The predicted molar refractivity (Wildman–Crippen MR) is 159 cm³/mol. The first-order chi connectivity index (χ1) is 20.9. The quantitative estimate of drug-likeness (QED) is 0.106. The molecule has 0 bridgehead atoms. The second kappa shape index (κ2) is 11.6. The average Bonchev–Trinajstić information content (AvgIpc) is 3.45. The van der Waals surface area contributed by atoms with Gasteiger partial charge in [-0.2, -0.15) is 9.78 Å². The SMILES string of the molecule is CCOc1cc(C=Nn2c(-c3cc4ccccc4o3)nc3ccccc3c2=O)cc([N+](=O)[O-])c1OCc1ccccc1F. The molecule has 0 aliphatic rings. The molecule has 0 N–H and O–H groups in total.